The standard InChI is InChI=1S/C19H16Cl2N4O.C17H9Cl2N3O2/c1-24(2)10-14-17(12-8-7-11(20)9-15(12)21)23-25-18(14)22-16-6-4-3-5-13(16)19(25)26;18-9-5-6-10(13(19)7-9)15-12(8-23)16-20-14-4-2-1-3-11(14)17(24)22(16)21-15/h3-9,23H,10H2,1-2H3;1-8,21H. The number of carbonyl (C=O) groups is 1. The summed E-state index contributed by atoms with van der Waals surface area (Å²) in [4.78, 5) is 48.4. The van der Waals surface area contributed by atoms with Gasteiger partial charge >= 0.3 is 0 Å². The molecule has 0 aliphatic heterocycles. The number of H-pyrrole nitrogens is 2. The highest BCUT2D eigenvalue weighted by Gasteiger charge is 2.21. The number of benzene rings is 4. The van der Waals surface area contributed by atoms with Crippen LogP contribution in [0.4, 0.5) is 0 Å². The number of hydrogen-bond donors (Lipinski definition) is 2. The average molecular weight is 745 g/mol. The molecule has 4 aromatic heterocycles. The summed E-state index contributed by atoms with van der Waals surface area (Å²) in [6.45, 7) is 0.603. The molecule has 4 aromatic carbocycles. The van der Waals surface area contributed by atoms with Gasteiger partial charge in [-0.1, -0.05) is 70.7 Å². The summed E-state index contributed by atoms with van der Waals surface area (Å²) in [7, 11) is 3.94. The Labute approximate surface area is 303 Å². The number of halogens is 4. The molecule has 0 bridgehead atoms. The van der Waals surface area contributed by atoms with Gasteiger partial charge in [-0.05, 0) is 74.8 Å². The first-order valence-corrected chi connectivity index (χ1v) is 16.6. The summed E-state index contributed by atoms with van der Waals surface area (Å²) in [5.74, 6) is 0. The van der Waals surface area contributed by atoms with Crippen molar-refractivity contribution in [3.63, 3.8) is 0 Å². The fourth-order valence-electron chi connectivity index (χ4n) is 5.82. The lowest BCUT2D eigenvalue weighted by molar-refractivity contribution is 0.112. The molecule has 50 heavy (non-hydrogen) atoms. The third kappa shape index (κ3) is 5.95. The van der Waals surface area contributed by atoms with E-state index in [9.17, 15) is 14.4 Å². The van der Waals surface area contributed by atoms with Gasteiger partial charge in [-0.15, -0.1) is 0 Å². The number of fused-ring (bicyclic) bond motifs is 4. The SMILES string of the molecule is CN(C)Cc1c(-c2ccc(Cl)cc2Cl)[nH]n2c(=O)c3ccccc3nc12.O=Cc1c(-c2ccc(Cl)cc2Cl)[nH]n2c(=O)c3ccccc3nc12. The van der Waals surface area contributed by atoms with Gasteiger partial charge in [-0.3, -0.25) is 24.6 Å². The molecule has 0 radical (unpaired) electrons. The minimum atomic E-state index is -0.282. The van der Waals surface area contributed by atoms with Gasteiger partial charge in [0.05, 0.1) is 48.8 Å². The Kier molecular flexibility index (Phi) is 8.98. The van der Waals surface area contributed by atoms with E-state index in [0.717, 1.165) is 16.8 Å². The number of hydrogen-bond acceptors (Lipinski definition) is 6. The van der Waals surface area contributed by atoms with Crippen LogP contribution >= 0.6 is 46.4 Å². The van der Waals surface area contributed by atoms with E-state index in [1.54, 1.807) is 60.7 Å². The fraction of sp³-hybridized carbons (Fsp3) is 0.0833. The van der Waals surface area contributed by atoms with Crippen LogP contribution in [0.3, 0.4) is 0 Å². The molecule has 0 fully saturated rings. The highest BCUT2D eigenvalue weighted by atomic mass is 35.5. The predicted molar refractivity (Wildman–Crippen MR) is 200 cm³/mol. The van der Waals surface area contributed by atoms with Crippen LogP contribution in [0.25, 0.3) is 55.6 Å². The zero-order valence-electron chi connectivity index (χ0n) is 26.3. The Bertz CT molecular complexity index is 2750. The molecule has 0 atom stereocenters. The number of aromatic amines is 2. The van der Waals surface area contributed by atoms with Crippen molar-refractivity contribution in [2.75, 3.05) is 14.1 Å². The second-order valence-corrected chi connectivity index (χ2v) is 13.3. The molecule has 14 heteroatoms. The van der Waals surface area contributed by atoms with Crippen molar-refractivity contribution in [3.8, 4) is 22.5 Å². The van der Waals surface area contributed by atoms with Crippen molar-refractivity contribution < 1.29 is 4.79 Å². The van der Waals surface area contributed by atoms with Crippen LogP contribution in [0.5, 0.6) is 0 Å². The zero-order valence-corrected chi connectivity index (χ0v) is 29.4. The van der Waals surface area contributed by atoms with Crippen molar-refractivity contribution in [3.05, 3.63) is 137 Å². The van der Waals surface area contributed by atoms with E-state index in [-0.39, 0.29) is 22.3 Å². The summed E-state index contributed by atoms with van der Waals surface area (Å²) in [6, 6.07) is 24.5. The molecular formula is C36H25Cl4N7O3. The van der Waals surface area contributed by atoms with E-state index in [1.807, 2.05) is 43.3 Å². The van der Waals surface area contributed by atoms with Crippen molar-refractivity contribution in [2.24, 2.45) is 0 Å². The molecule has 2 N–H and O–H groups in total. The fourth-order valence-corrected chi connectivity index (χ4v) is 6.83. The lowest BCUT2D eigenvalue weighted by Gasteiger charge is -2.11. The summed E-state index contributed by atoms with van der Waals surface area (Å²) in [5.41, 5.74) is 5.34. The topological polar surface area (TPSA) is 121 Å². The van der Waals surface area contributed by atoms with Gasteiger partial charge < -0.3 is 4.90 Å². The first kappa shape index (κ1) is 33.5. The van der Waals surface area contributed by atoms with E-state index in [2.05, 4.69) is 15.2 Å². The van der Waals surface area contributed by atoms with E-state index in [1.165, 1.54) is 9.03 Å². The maximum absolute atomic E-state index is 12.9. The summed E-state index contributed by atoms with van der Waals surface area (Å²) in [5, 5.41) is 9.08. The van der Waals surface area contributed by atoms with Crippen LogP contribution in [-0.2, 0) is 6.54 Å². The van der Waals surface area contributed by atoms with Crippen LogP contribution in [0.15, 0.2) is 94.5 Å². The molecule has 8 rings (SSSR count). The lowest BCUT2D eigenvalue weighted by Crippen LogP contribution is -2.16. The Morgan fingerprint density at radius 1 is 0.680 bits per heavy atom. The first-order valence-electron chi connectivity index (χ1n) is 15.1. The number of aromatic nitrogens is 6. The van der Waals surface area contributed by atoms with Crippen molar-refractivity contribution in [1.82, 2.24) is 34.1 Å². The number of aldehydes is 1. The second-order valence-electron chi connectivity index (χ2n) is 11.7. The Morgan fingerprint density at radius 3 is 1.68 bits per heavy atom. The predicted octanol–water partition coefficient (Wildman–Crippen LogP) is 8.17. The lowest BCUT2D eigenvalue weighted by atomic mass is 10.1. The number of nitrogens with one attached hydrogen (secondary N) is 2. The van der Waals surface area contributed by atoms with Crippen LogP contribution in [-0.4, -0.2) is 54.5 Å². The largest absolute Gasteiger partial charge is 0.305 e. The number of para-hydroxylation sites is 2. The number of rotatable bonds is 5. The molecule has 10 nitrogen and oxygen atoms in total. The third-order valence-electron chi connectivity index (χ3n) is 8.07. The molecule has 0 saturated heterocycles. The molecule has 0 aliphatic carbocycles. The summed E-state index contributed by atoms with van der Waals surface area (Å²) < 4.78 is 2.74. The Hall–Kier alpha value is -4.97. The zero-order chi connectivity index (χ0) is 35.3. The normalized spacial score (nSPS) is 11.5. The second kappa shape index (κ2) is 13.4. The van der Waals surface area contributed by atoms with Gasteiger partial charge in [0, 0.05) is 33.3 Å². The van der Waals surface area contributed by atoms with Gasteiger partial charge in [-0.25, -0.2) is 14.5 Å². The summed E-state index contributed by atoms with van der Waals surface area (Å²) in [6.07, 6.45) is 0.660. The first-order chi connectivity index (χ1) is 24.0. The van der Waals surface area contributed by atoms with Crippen LogP contribution in [0.2, 0.25) is 20.1 Å². The van der Waals surface area contributed by atoms with Crippen molar-refractivity contribution >= 4 is 85.8 Å². The van der Waals surface area contributed by atoms with E-state index >= 15 is 0 Å². The Balaban J connectivity index is 0.000000157. The molecule has 0 saturated carbocycles. The van der Waals surface area contributed by atoms with Gasteiger partial charge in [0.1, 0.15) is 0 Å². The van der Waals surface area contributed by atoms with Crippen LogP contribution in [0, 0.1) is 0 Å². The van der Waals surface area contributed by atoms with E-state index < -0.39 is 0 Å². The molecule has 0 spiro atoms. The molecule has 0 unspecified atom stereocenters. The van der Waals surface area contributed by atoms with Crippen molar-refractivity contribution in [1.29, 1.82) is 0 Å². The monoisotopic (exact) mass is 743 g/mol. The third-order valence-corrected chi connectivity index (χ3v) is 9.17. The summed E-state index contributed by atoms with van der Waals surface area (Å²) >= 11 is 24.6. The highest BCUT2D eigenvalue weighted by Crippen LogP contribution is 2.34. The molecule has 250 valence electrons. The minimum Gasteiger partial charge on any atom is -0.305 e. The molecular weight excluding hydrogens is 720 g/mol. The van der Waals surface area contributed by atoms with Gasteiger partial charge in [0.25, 0.3) is 11.1 Å². The van der Waals surface area contributed by atoms with Gasteiger partial charge in [0.2, 0.25) is 0 Å². The number of carbonyl (C=O) groups excluding carboxylic acids is 1. The quantitative estimate of drug-likeness (QED) is 0.172. The average Bonchev–Trinajstić information content (AvgIpc) is 3.63. The molecule has 8 aromatic rings. The molecule has 4 heterocycles. The maximum atomic E-state index is 12.9. The highest BCUT2D eigenvalue weighted by molar-refractivity contribution is 6.37. The Morgan fingerprint density at radius 2 is 1.16 bits per heavy atom. The minimum absolute atomic E-state index is 0.137. The smallest absolute Gasteiger partial charge is 0.280 e. The van der Waals surface area contributed by atoms with Crippen molar-refractivity contribution in [2.45, 2.75) is 6.54 Å². The molecule has 0 aliphatic rings. The van der Waals surface area contributed by atoms with E-state index in [0.29, 0.717) is 71.6 Å². The van der Waals surface area contributed by atoms with Crippen LogP contribution in [0.1, 0.15) is 15.9 Å². The van der Waals surface area contributed by atoms with Gasteiger partial charge in [-0.2, -0.15) is 4.52 Å². The maximum Gasteiger partial charge on any atom is 0.280 e. The van der Waals surface area contributed by atoms with Crippen LogP contribution < -0.4 is 11.1 Å². The number of nitrogens with zero attached hydrogens (tertiary/aromatic N) is 5. The molecule has 0 amide bonds. The van der Waals surface area contributed by atoms with E-state index in [4.69, 9.17) is 51.4 Å². The van der Waals surface area contributed by atoms with Gasteiger partial charge in [0.15, 0.2) is 17.6 Å².